The van der Waals surface area contributed by atoms with Crippen molar-refractivity contribution in [3.8, 4) is 5.75 Å². The van der Waals surface area contributed by atoms with E-state index >= 15 is 0 Å². The molecule has 1 aliphatic rings. The van der Waals surface area contributed by atoms with E-state index in [9.17, 15) is 4.79 Å². The second-order valence-corrected chi connectivity index (χ2v) is 4.90. The van der Waals surface area contributed by atoms with Crippen LogP contribution in [0.25, 0.3) is 0 Å². The van der Waals surface area contributed by atoms with Crippen molar-refractivity contribution in [2.75, 3.05) is 23.8 Å². The summed E-state index contributed by atoms with van der Waals surface area (Å²) in [4.78, 5) is 13.1. The van der Waals surface area contributed by atoms with Crippen molar-refractivity contribution >= 4 is 23.0 Å². The van der Waals surface area contributed by atoms with Crippen molar-refractivity contribution in [1.82, 2.24) is 0 Å². The molecule has 0 saturated heterocycles. The van der Waals surface area contributed by atoms with Crippen LogP contribution in [0.15, 0.2) is 42.5 Å². The highest BCUT2D eigenvalue weighted by atomic mass is 16.5. The molecule has 0 radical (unpaired) electrons. The average Bonchev–Trinajstić information content (AvgIpc) is 2.69. The zero-order chi connectivity index (χ0) is 14.8. The van der Waals surface area contributed by atoms with Crippen LogP contribution in [-0.4, -0.2) is 24.2 Å². The minimum atomic E-state index is -0.979. The molecule has 3 rings (SSSR count). The van der Waals surface area contributed by atoms with Crippen LogP contribution in [0.3, 0.4) is 0 Å². The third-order valence-electron chi connectivity index (χ3n) is 3.50. The lowest BCUT2D eigenvalue weighted by Crippen LogP contribution is -2.19. The fourth-order valence-corrected chi connectivity index (χ4v) is 2.51. The number of nitrogens with two attached hydrogens (primary N) is 1. The standard InChI is InChI=1S/C16H16N2O3/c17-12-10-11(16(19)20)6-7-13(12)18-8-3-9-21-15-5-2-1-4-14(15)18/h1-2,4-7,10H,3,8-9,17H2,(H,19,20). The molecular weight excluding hydrogens is 268 g/mol. The highest BCUT2D eigenvalue weighted by Crippen LogP contribution is 2.38. The highest BCUT2D eigenvalue weighted by Gasteiger charge is 2.19. The van der Waals surface area contributed by atoms with E-state index in [4.69, 9.17) is 15.6 Å². The SMILES string of the molecule is Nc1cc(C(=O)O)ccc1N1CCCOc2ccccc21. The summed E-state index contributed by atoms with van der Waals surface area (Å²) in [5, 5.41) is 9.02. The number of anilines is 3. The van der Waals surface area contributed by atoms with Gasteiger partial charge in [-0.2, -0.15) is 0 Å². The van der Waals surface area contributed by atoms with Gasteiger partial charge in [0.05, 0.1) is 29.2 Å². The average molecular weight is 284 g/mol. The first-order chi connectivity index (χ1) is 10.2. The van der Waals surface area contributed by atoms with Crippen LogP contribution in [0, 0.1) is 0 Å². The van der Waals surface area contributed by atoms with E-state index in [1.165, 1.54) is 6.07 Å². The third-order valence-corrected chi connectivity index (χ3v) is 3.50. The largest absolute Gasteiger partial charge is 0.491 e. The quantitative estimate of drug-likeness (QED) is 0.829. The molecule has 0 unspecified atom stereocenters. The highest BCUT2D eigenvalue weighted by molar-refractivity contribution is 5.91. The van der Waals surface area contributed by atoms with Crippen LogP contribution in [0.1, 0.15) is 16.8 Å². The van der Waals surface area contributed by atoms with E-state index < -0.39 is 5.97 Å². The molecule has 2 aromatic rings. The predicted octanol–water partition coefficient (Wildman–Crippen LogP) is 2.89. The Balaban J connectivity index is 2.06. The summed E-state index contributed by atoms with van der Waals surface area (Å²) in [5.74, 6) is -0.162. The van der Waals surface area contributed by atoms with Gasteiger partial charge in [0.2, 0.25) is 0 Å². The van der Waals surface area contributed by atoms with Crippen molar-refractivity contribution in [2.45, 2.75) is 6.42 Å². The van der Waals surface area contributed by atoms with Crippen molar-refractivity contribution in [2.24, 2.45) is 0 Å². The molecule has 0 atom stereocenters. The zero-order valence-electron chi connectivity index (χ0n) is 11.5. The number of ether oxygens (including phenoxy) is 1. The predicted molar refractivity (Wildman–Crippen MR) is 81.4 cm³/mol. The fourth-order valence-electron chi connectivity index (χ4n) is 2.51. The van der Waals surface area contributed by atoms with Crippen LogP contribution in [-0.2, 0) is 0 Å². The third kappa shape index (κ3) is 2.50. The van der Waals surface area contributed by atoms with E-state index in [2.05, 4.69) is 4.90 Å². The summed E-state index contributed by atoms with van der Waals surface area (Å²) in [6.07, 6.45) is 0.870. The summed E-state index contributed by atoms with van der Waals surface area (Å²) in [7, 11) is 0. The monoisotopic (exact) mass is 284 g/mol. The summed E-state index contributed by atoms with van der Waals surface area (Å²) < 4.78 is 5.73. The second-order valence-electron chi connectivity index (χ2n) is 4.90. The van der Waals surface area contributed by atoms with Gasteiger partial charge >= 0.3 is 5.97 Å². The van der Waals surface area contributed by atoms with E-state index in [-0.39, 0.29) is 5.56 Å². The van der Waals surface area contributed by atoms with Gasteiger partial charge in [-0.1, -0.05) is 12.1 Å². The molecule has 0 amide bonds. The molecular formula is C16H16N2O3. The van der Waals surface area contributed by atoms with Gasteiger partial charge in [-0.15, -0.1) is 0 Å². The number of rotatable bonds is 2. The van der Waals surface area contributed by atoms with Crippen LogP contribution in [0.5, 0.6) is 5.75 Å². The Morgan fingerprint density at radius 2 is 2.00 bits per heavy atom. The summed E-state index contributed by atoms with van der Waals surface area (Å²) >= 11 is 0. The first-order valence-electron chi connectivity index (χ1n) is 6.79. The molecule has 0 aliphatic carbocycles. The van der Waals surface area contributed by atoms with Crippen LogP contribution in [0.2, 0.25) is 0 Å². The van der Waals surface area contributed by atoms with E-state index in [1.807, 2.05) is 24.3 Å². The fraction of sp³-hybridized carbons (Fsp3) is 0.188. The molecule has 0 fully saturated rings. The molecule has 1 aliphatic heterocycles. The van der Waals surface area contributed by atoms with Crippen molar-refractivity contribution in [3.05, 3.63) is 48.0 Å². The number of fused-ring (bicyclic) bond motifs is 1. The van der Waals surface area contributed by atoms with Crippen molar-refractivity contribution < 1.29 is 14.6 Å². The number of carboxylic acids is 1. The minimum absolute atomic E-state index is 0.190. The smallest absolute Gasteiger partial charge is 0.335 e. The molecule has 21 heavy (non-hydrogen) atoms. The van der Waals surface area contributed by atoms with Gasteiger partial charge in [0, 0.05) is 6.54 Å². The maximum atomic E-state index is 11.0. The van der Waals surface area contributed by atoms with Crippen LogP contribution >= 0.6 is 0 Å². The number of benzene rings is 2. The molecule has 0 saturated carbocycles. The summed E-state index contributed by atoms with van der Waals surface area (Å²) in [5.41, 5.74) is 8.45. The van der Waals surface area contributed by atoms with Gasteiger partial charge in [0.25, 0.3) is 0 Å². The van der Waals surface area contributed by atoms with Crippen molar-refractivity contribution in [3.63, 3.8) is 0 Å². The topological polar surface area (TPSA) is 75.8 Å². The Kier molecular flexibility index (Phi) is 3.39. The Hall–Kier alpha value is -2.69. The zero-order valence-corrected chi connectivity index (χ0v) is 11.5. The molecule has 0 spiro atoms. The lowest BCUT2D eigenvalue weighted by molar-refractivity contribution is 0.0697. The maximum absolute atomic E-state index is 11.0. The van der Waals surface area contributed by atoms with Crippen LogP contribution in [0.4, 0.5) is 17.1 Å². The van der Waals surface area contributed by atoms with Gasteiger partial charge in [0.1, 0.15) is 5.75 Å². The van der Waals surface area contributed by atoms with Gasteiger partial charge in [-0.05, 0) is 36.8 Å². The maximum Gasteiger partial charge on any atom is 0.335 e. The van der Waals surface area contributed by atoms with Gasteiger partial charge in [-0.25, -0.2) is 4.79 Å². The molecule has 2 aromatic carbocycles. The number of carbonyl (C=O) groups is 1. The number of para-hydroxylation sites is 2. The first kappa shape index (κ1) is 13.3. The molecule has 1 heterocycles. The Morgan fingerprint density at radius 3 is 2.76 bits per heavy atom. The Labute approximate surface area is 122 Å². The number of aromatic carboxylic acids is 1. The van der Waals surface area contributed by atoms with E-state index in [0.717, 1.165) is 30.1 Å². The van der Waals surface area contributed by atoms with Gasteiger partial charge in [-0.3, -0.25) is 0 Å². The van der Waals surface area contributed by atoms with E-state index in [0.29, 0.717) is 12.3 Å². The Bertz CT molecular complexity index is 685. The minimum Gasteiger partial charge on any atom is -0.491 e. The van der Waals surface area contributed by atoms with E-state index in [1.54, 1.807) is 12.1 Å². The molecule has 108 valence electrons. The van der Waals surface area contributed by atoms with Crippen LogP contribution < -0.4 is 15.4 Å². The Morgan fingerprint density at radius 1 is 1.19 bits per heavy atom. The lowest BCUT2D eigenvalue weighted by Gasteiger charge is -2.25. The normalized spacial score (nSPS) is 14.0. The second kappa shape index (κ2) is 5.36. The number of nitrogen functional groups attached to an aromatic ring is 1. The van der Waals surface area contributed by atoms with Gasteiger partial charge in [0.15, 0.2) is 0 Å². The van der Waals surface area contributed by atoms with Gasteiger partial charge < -0.3 is 20.5 Å². The number of hydrogen-bond acceptors (Lipinski definition) is 4. The number of nitrogens with zero attached hydrogens (tertiary/aromatic N) is 1. The lowest BCUT2D eigenvalue weighted by atomic mass is 10.1. The molecule has 5 nitrogen and oxygen atoms in total. The molecule has 5 heteroatoms. The van der Waals surface area contributed by atoms with Crippen molar-refractivity contribution in [1.29, 1.82) is 0 Å². The first-order valence-corrected chi connectivity index (χ1v) is 6.79. The number of hydrogen-bond donors (Lipinski definition) is 2. The summed E-state index contributed by atoms with van der Waals surface area (Å²) in [6.45, 7) is 1.42. The molecule has 0 bridgehead atoms. The molecule has 0 aromatic heterocycles. The molecule has 3 N–H and O–H groups in total. The summed E-state index contributed by atoms with van der Waals surface area (Å²) in [6, 6.07) is 12.6. The number of carboxylic acid groups (broad SMARTS) is 1.